The minimum Gasteiger partial charge on any atom is -0.466 e. The number of carbonyl (C=O) groups excluding carboxylic acids is 2. The van der Waals surface area contributed by atoms with Crippen LogP contribution in [-0.2, 0) is 11.8 Å². The van der Waals surface area contributed by atoms with Crippen LogP contribution in [0.25, 0.3) is 22.2 Å². The molecule has 0 aliphatic heterocycles. The standard InChI is InChI=1S/C29H31F3N8O3/c1-6-24(42)34-21-13-22(27(43-17-29(30,31)32)37-26(21)39(4)12-11-38(2)3)35-28-33-14-18(16-41)25(36-28)20-15-40(5)23-10-8-7-9-19(20)23/h6-10,13-16H,1,11-12,17H2,2-5H3,(H,34,42)(H,33,35,36). The van der Waals surface area contributed by atoms with Crippen molar-refractivity contribution in [2.75, 3.05) is 56.4 Å². The maximum atomic E-state index is 13.2. The molecule has 14 heteroatoms. The van der Waals surface area contributed by atoms with E-state index in [1.165, 1.54) is 12.3 Å². The zero-order valence-electron chi connectivity index (χ0n) is 24.1. The number of rotatable bonds is 12. The summed E-state index contributed by atoms with van der Waals surface area (Å²) in [5.41, 5.74) is 2.24. The molecule has 0 unspecified atom stereocenters. The first-order valence-electron chi connectivity index (χ1n) is 13.1. The summed E-state index contributed by atoms with van der Waals surface area (Å²) >= 11 is 0. The Hall–Kier alpha value is -4.98. The highest BCUT2D eigenvalue weighted by molar-refractivity contribution is 6.02. The number of likely N-dealkylation sites (N-methyl/N-ethyl adjacent to an activating group) is 2. The molecular formula is C29H31F3N8O3. The van der Waals surface area contributed by atoms with Crippen LogP contribution in [0.3, 0.4) is 0 Å². The SMILES string of the molecule is C=CC(=O)Nc1cc(Nc2ncc(C=O)c(-c3cn(C)c4ccccc34)n2)c(OCC(F)(F)F)nc1N(C)CCN(C)C. The van der Waals surface area contributed by atoms with Gasteiger partial charge in [0.2, 0.25) is 17.7 Å². The third-order valence-electron chi connectivity index (χ3n) is 6.37. The summed E-state index contributed by atoms with van der Waals surface area (Å²) in [5, 5.41) is 6.36. The first-order valence-corrected chi connectivity index (χ1v) is 13.1. The van der Waals surface area contributed by atoms with Crippen molar-refractivity contribution in [1.29, 1.82) is 0 Å². The summed E-state index contributed by atoms with van der Waals surface area (Å²) in [5.74, 6) is -0.811. The number of halogens is 3. The number of fused-ring (bicyclic) bond motifs is 1. The van der Waals surface area contributed by atoms with Gasteiger partial charge < -0.3 is 29.7 Å². The van der Waals surface area contributed by atoms with Crippen LogP contribution in [0.4, 0.5) is 36.3 Å². The Balaban J connectivity index is 1.82. The summed E-state index contributed by atoms with van der Waals surface area (Å²) in [6.07, 6.45) is 0.177. The molecular weight excluding hydrogens is 565 g/mol. The third kappa shape index (κ3) is 7.46. The number of hydrogen-bond acceptors (Lipinski definition) is 9. The van der Waals surface area contributed by atoms with Crippen LogP contribution in [0.5, 0.6) is 5.88 Å². The summed E-state index contributed by atoms with van der Waals surface area (Å²) in [7, 11) is 7.29. The van der Waals surface area contributed by atoms with E-state index in [1.54, 1.807) is 11.9 Å². The second kappa shape index (κ2) is 12.9. The number of hydrogen-bond donors (Lipinski definition) is 2. The maximum absolute atomic E-state index is 13.2. The van der Waals surface area contributed by atoms with E-state index in [9.17, 15) is 22.8 Å². The number of aromatic nitrogens is 4. The third-order valence-corrected chi connectivity index (χ3v) is 6.37. The van der Waals surface area contributed by atoms with Gasteiger partial charge in [0.25, 0.3) is 0 Å². The molecule has 0 aliphatic rings. The Kier molecular flexibility index (Phi) is 9.29. The van der Waals surface area contributed by atoms with Crippen molar-refractivity contribution in [1.82, 2.24) is 24.4 Å². The normalized spacial score (nSPS) is 11.4. The van der Waals surface area contributed by atoms with E-state index in [-0.39, 0.29) is 28.7 Å². The van der Waals surface area contributed by atoms with Crippen LogP contribution in [0, 0.1) is 0 Å². The van der Waals surface area contributed by atoms with E-state index >= 15 is 0 Å². The number of ether oxygens (including phenoxy) is 1. The predicted molar refractivity (Wildman–Crippen MR) is 159 cm³/mol. The number of aryl methyl sites for hydroxylation is 1. The first kappa shape index (κ1) is 31.0. The van der Waals surface area contributed by atoms with Crippen LogP contribution >= 0.6 is 0 Å². The van der Waals surface area contributed by atoms with Gasteiger partial charge in [-0.2, -0.15) is 18.2 Å². The molecule has 0 spiro atoms. The van der Waals surface area contributed by atoms with Gasteiger partial charge in [-0.3, -0.25) is 9.59 Å². The number of pyridine rings is 1. The van der Waals surface area contributed by atoms with Gasteiger partial charge in [-0.25, -0.2) is 9.97 Å². The molecule has 0 atom stereocenters. The Bertz CT molecular complexity index is 1650. The molecule has 0 radical (unpaired) electrons. The molecule has 0 saturated carbocycles. The molecule has 4 aromatic rings. The van der Waals surface area contributed by atoms with Crippen molar-refractivity contribution in [3.8, 4) is 17.1 Å². The van der Waals surface area contributed by atoms with Gasteiger partial charge in [0.1, 0.15) is 5.69 Å². The van der Waals surface area contributed by atoms with E-state index in [0.717, 1.165) is 17.0 Å². The van der Waals surface area contributed by atoms with Crippen molar-refractivity contribution in [3.05, 3.63) is 60.9 Å². The van der Waals surface area contributed by atoms with Gasteiger partial charge in [0.15, 0.2) is 18.7 Å². The van der Waals surface area contributed by atoms with Gasteiger partial charge in [-0.05, 0) is 32.3 Å². The molecule has 43 heavy (non-hydrogen) atoms. The zero-order chi connectivity index (χ0) is 31.3. The summed E-state index contributed by atoms with van der Waals surface area (Å²) in [6.45, 7) is 2.89. The molecule has 3 aromatic heterocycles. The number of carbonyl (C=O) groups is 2. The summed E-state index contributed by atoms with van der Waals surface area (Å²) in [6, 6.07) is 8.95. The fourth-order valence-electron chi connectivity index (χ4n) is 4.26. The zero-order valence-corrected chi connectivity index (χ0v) is 24.1. The van der Waals surface area contributed by atoms with E-state index in [2.05, 4.69) is 32.2 Å². The second-order valence-corrected chi connectivity index (χ2v) is 9.95. The van der Waals surface area contributed by atoms with Crippen molar-refractivity contribution in [3.63, 3.8) is 0 Å². The molecule has 0 aliphatic carbocycles. The van der Waals surface area contributed by atoms with Crippen molar-refractivity contribution >= 4 is 46.2 Å². The first-order chi connectivity index (χ1) is 20.4. The molecule has 3 heterocycles. The van der Waals surface area contributed by atoms with Crippen molar-refractivity contribution < 1.29 is 27.5 Å². The van der Waals surface area contributed by atoms with Gasteiger partial charge in [0.05, 0.1) is 16.9 Å². The van der Waals surface area contributed by atoms with Gasteiger partial charge in [0, 0.05) is 56.0 Å². The molecule has 0 fully saturated rings. The smallest absolute Gasteiger partial charge is 0.422 e. The molecule has 0 saturated heterocycles. The van der Waals surface area contributed by atoms with Crippen LogP contribution < -0.4 is 20.3 Å². The molecule has 1 aromatic carbocycles. The van der Waals surface area contributed by atoms with Crippen molar-refractivity contribution in [2.24, 2.45) is 7.05 Å². The van der Waals surface area contributed by atoms with E-state index in [0.29, 0.717) is 30.6 Å². The lowest BCUT2D eigenvalue weighted by molar-refractivity contribution is -0.153. The second-order valence-electron chi connectivity index (χ2n) is 9.95. The lowest BCUT2D eigenvalue weighted by atomic mass is 10.1. The number of aldehydes is 1. The minimum absolute atomic E-state index is 0.0399. The molecule has 0 bridgehead atoms. The Morgan fingerprint density at radius 1 is 1.14 bits per heavy atom. The topological polar surface area (TPSA) is 118 Å². The number of para-hydroxylation sites is 1. The lowest BCUT2D eigenvalue weighted by Crippen LogP contribution is -2.30. The highest BCUT2D eigenvalue weighted by Crippen LogP contribution is 2.36. The minimum atomic E-state index is -4.64. The van der Waals surface area contributed by atoms with Crippen LogP contribution in [0.1, 0.15) is 10.4 Å². The van der Waals surface area contributed by atoms with Gasteiger partial charge in [-0.15, -0.1) is 0 Å². The fourth-order valence-corrected chi connectivity index (χ4v) is 4.26. The van der Waals surface area contributed by atoms with E-state index in [4.69, 9.17) is 4.74 Å². The van der Waals surface area contributed by atoms with Crippen molar-refractivity contribution in [2.45, 2.75) is 6.18 Å². The number of alkyl halides is 3. The quantitative estimate of drug-likeness (QED) is 0.178. The number of anilines is 4. The molecule has 226 valence electrons. The number of amides is 1. The van der Waals surface area contributed by atoms with Gasteiger partial charge in [-0.1, -0.05) is 24.8 Å². The average molecular weight is 597 g/mol. The highest BCUT2D eigenvalue weighted by Gasteiger charge is 2.30. The number of benzene rings is 1. The monoisotopic (exact) mass is 596 g/mol. The van der Waals surface area contributed by atoms with Crippen LogP contribution in [0.2, 0.25) is 0 Å². The molecule has 11 nitrogen and oxygen atoms in total. The maximum Gasteiger partial charge on any atom is 0.422 e. The van der Waals surface area contributed by atoms with Crippen LogP contribution in [-0.4, -0.2) is 83.6 Å². The van der Waals surface area contributed by atoms with Gasteiger partial charge >= 0.3 is 6.18 Å². The van der Waals surface area contributed by atoms with E-state index in [1.807, 2.05) is 61.1 Å². The molecule has 4 rings (SSSR count). The largest absolute Gasteiger partial charge is 0.466 e. The molecule has 2 N–H and O–H groups in total. The highest BCUT2D eigenvalue weighted by atomic mass is 19.4. The Labute approximate surface area is 246 Å². The van der Waals surface area contributed by atoms with E-state index < -0.39 is 24.6 Å². The predicted octanol–water partition coefficient (Wildman–Crippen LogP) is 4.65. The summed E-state index contributed by atoms with van der Waals surface area (Å²) < 4.78 is 46.6. The number of nitrogens with one attached hydrogen (secondary N) is 2. The van der Waals surface area contributed by atoms with Crippen LogP contribution in [0.15, 0.2) is 55.4 Å². The fraction of sp³-hybridized carbons (Fsp3) is 0.276. The average Bonchev–Trinajstić information content (AvgIpc) is 3.31. The lowest BCUT2D eigenvalue weighted by Gasteiger charge is -2.25. The molecule has 1 amide bonds. The summed E-state index contributed by atoms with van der Waals surface area (Å²) in [4.78, 5) is 40.9. The number of nitrogens with zero attached hydrogens (tertiary/aromatic N) is 6. The Morgan fingerprint density at radius 3 is 2.56 bits per heavy atom. The Morgan fingerprint density at radius 2 is 1.88 bits per heavy atom.